The van der Waals surface area contributed by atoms with Crippen LogP contribution in [0.3, 0.4) is 0 Å². The van der Waals surface area contributed by atoms with Gasteiger partial charge in [-0.2, -0.15) is 0 Å². The summed E-state index contributed by atoms with van der Waals surface area (Å²) in [6.45, 7) is 0. The summed E-state index contributed by atoms with van der Waals surface area (Å²) in [6.07, 6.45) is 0. The van der Waals surface area contributed by atoms with E-state index in [2.05, 4.69) is 204 Å². The number of rotatable bonds is 7. The summed E-state index contributed by atoms with van der Waals surface area (Å²) in [7, 11) is -1.70. The minimum Gasteiger partial charge on any atom is -0.410 e. The van der Waals surface area contributed by atoms with Crippen molar-refractivity contribution in [1.29, 1.82) is 0 Å². The van der Waals surface area contributed by atoms with E-state index in [1.807, 2.05) is 12.1 Å². The first kappa shape index (κ1) is 35.3. The largest absolute Gasteiger partial charge is 0.410 e. The molecule has 1 aromatic heterocycles. The van der Waals surface area contributed by atoms with E-state index in [1.54, 1.807) is 12.1 Å². The minimum atomic E-state index is -0.852. The van der Waals surface area contributed by atoms with Crippen LogP contribution in [-0.2, 0) is 0 Å². The van der Waals surface area contributed by atoms with Crippen LogP contribution in [0.25, 0.3) is 43.7 Å². The number of para-hydroxylation sites is 1. The van der Waals surface area contributed by atoms with Crippen LogP contribution in [0.15, 0.2) is 218 Å². The van der Waals surface area contributed by atoms with Gasteiger partial charge in [-0.3, -0.25) is 0 Å². The van der Waals surface area contributed by atoms with Crippen LogP contribution in [0.5, 0.6) is 0 Å². The fourth-order valence-electron chi connectivity index (χ4n) is 7.44. The van der Waals surface area contributed by atoms with Gasteiger partial charge in [-0.05, 0) is 97.7 Å². The molecule has 10 aromatic rings. The van der Waals surface area contributed by atoms with E-state index in [9.17, 15) is 0 Å². The smallest absolute Gasteiger partial charge is 0.130 e. The molecule has 10 rings (SSSR count). The molecule has 0 amide bonds. The zero-order valence-electron chi connectivity index (χ0n) is 30.5. The van der Waals surface area contributed by atoms with Crippen molar-refractivity contribution in [3.05, 3.63) is 218 Å². The molecule has 0 saturated carbocycles. The van der Waals surface area contributed by atoms with Gasteiger partial charge in [0.2, 0.25) is 0 Å². The molecular formula is C50H37N3OP2. The van der Waals surface area contributed by atoms with Gasteiger partial charge in [0.15, 0.2) is 0 Å². The maximum absolute atomic E-state index is 8.95. The van der Waals surface area contributed by atoms with Gasteiger partial charge in [-0.25, -0.2) is 0 Å². The van der Waals surface area contributed by atoms with E-state index in [0.717, 1.165) is 4.85 Å². The Balaban J connectivity index is 0.000000355. The summed E-state index contributed by atoms with van der Waals surface area (Å²) in [6, 6.07) is 79.0. The zero-order valence-corrected chi connectivity index (χ0v) is 32.3. The second-order valence-corrected chi connectivity index (χ2v) is 17.7. The second kappa shape index (κ2) is 16.1. The highest BCUT2D eigenvalue weighted by Crippen LogP contribution is 2.45. The van der Waals surface area contributed by atoms with Gasteiger partial charge in [-0.15, -0.1) is 5.10 Å². The SMILES string of the molecule is On1nnc2ccccc21.c1ccc(P(c2ccccc2)c2ccc3ccccc3c2-c2c(P(c3ccccc3)c3ccccc3)ccc3ccccc23)cc1. The van der Waals surface area contributed by atoms with Crippen molar-refractivity contribution in [2.24, 2.45) is 0 Å². The number of aromatic nitrogens is 3. The molecule has 0 aliphatic rings. The topological polar surface area (TPSA) is 50.9 Å². The number of benzene rings is 9. The van der Waals surface area contributed by atoms with Gasteiger partial charge in [0.25, 0.3) is 0 Å². The lowest BCUT2D eigenvalue weighted by atomic mass is 9.93. The predicted molar refractivity (Wildman–Crippen MR) is 239 cm³/mol. The van der Waals surface area contributed by atoms with Crippen LogP contribution in [0.1, 0.15) is 0 Å². The highest BCUT2D eigenvalue weighted by atomic mass is 31.1. The molecule has 0 radical (unpaired) electrons. The quantitative estimate of drug-likeness (QED) is 0.130. The summed E-state index contributed by atoms with van der Waals surface area (Å²) in [5, 5.41) is 29.4. The number of hydrogen-bond acceptors (Lipinski definition) is 3. The summed E-state index contributed by atoms with van der Waals surface area (Å²) in [4.78, 5) is 0.759. The predicted octanol–water partition coefficient (Wildman–Crippen LogP) is 9.84. The standard InChI is InChI=1S/C44H32P2.C6H5N3O/c1-5-19-35(20-6-1)45(36-21-7-2-8-22-36)41-31-29-33-17-13-15-27-39(33)43(41)44-40-28-16-14-18-34(40)30-32-42(44)46(37-23-9-3-10-24-37)38-25-11-4-12-26-38;10-9-6-4-2-1-3-5(6)7-8-9/h1-32H;1-4,10H. The fraction of sp³-hybridized carbons (Fsp3) is 0. The maximum Gasteiger partial charge on any atom is 0.130 e. The van der Waals surface area contributed by atoms with Crippen molar-refractivity contribution in [2.75, 3.05) is 0 Å². The Kier molecular flexibility index (Phi) is 10.2. The maximum atomic E-state index is 8.95. The lowest BCUT2D eigenvalue weighted by molar-refractivity contribution is 0.155. The van der Waals surface area contributed by atoms with Crippen molar-refractivity contribution in [1.82, 2.24) is 15.2 Å². The molecule has 0 aliphatic carbocycles. The minimum absolute atomic E-state index is 0.627. The molecule has 1 heterocycles. The van der Waals surface area contributed by atoms with E-state index < -0.39 is 15.8 Å². The van der Waals surface area contributed by atoms with Gasteiger partial charge in [-0.1, -0.05) is 211 Å². The average molecular weight is 758 g/mol. The molecular weight excluding hydrogens is 721 g/mol. The van der Waals surface area contributed by atoms with Crippen molar-refractivity contribution >= 4 is 80.2 Å². The molecule has 0 spiro atoms. The Hall–Kier alpha value is -6.44. The van der Waals surface area contributed by atoms with Crippen molar-refractivity contribution in [3.63, 3.8) is 0 Å². The molecule has 0 saturated heterocycles. The van der Waals surface area contributed by atoms with Gasteiger partial charge in [0.05, 0.1) is 0 Å². The van der Waals surface area contributed by atoms with Crippen LogP contribution in [0.4, 0.5) is 0 Å². The third kappa shape index (κ3) is 6.98. The first-order chi connectivity index (χ1) is 27.7. The molecule has 0 atom stereocenters. The van der Waals surface area contributed by atoms with E-state index in [1.165, 1.54) is 64.5 Å². The number of hydrogen-bond donors (Lipinski definition) is 1. The molecule has 268 valence electrons. The monoisotopic (exact) mass is 757 g/mol. The first-order valence-electron chi connectivity index (χ1n) is 18.6. The Labute approximate surface area is 328 Å². The average Bonchev–Trinajstić information content (AvgIpc) is 3.66. The summed E-state index contributed by atoms with van der Waals surface area (Å²) < 4.78 is 0. The molecule has 0 bridgehead atoms. The van der Waals surface area contributed by atoms with Crippen LogP contribution >= 0.6 is 15.8 Å². The third-order valence-electron chi connectivity index (χ3n) is 9.94. The third-order valence-corrected chi connectivity index (χ3v) is 14.9. The Bertz CT molecular complexity index is 2640. The number of nitrogens with zero attached hydrogens (tertiary/aromatic N) is 3. The van der Waals surface area contributed by atoms with Gasteiger partial charge < -0.3 is 5.21 Å². The normalized spacial score (nSPS) is 11.2. The first-order valence-corrected chi connectivity index (χ1v) is 21.3. The molecule has 56 heavy (non-hydrogen) atoms. The molecule has 1 N–H and O–H groups in total. The lowest BCUT2D eigenvalue weighted by Gasteiger charge is -2.28. The van der Waals surface area contributed by atoms with Crippen LogP contribution in [0.2, 0.25) is 0 Å². The van der Waals surface area contributed by atoms with Crippen LogP contribution in [0, 0.1) is 0 Å². The van der Waals surface area contributed by atoms with Crippen LogP contribution < -0.4 is 31.8 Å². The van der Waals surface area contributed by atoms with E-state index >= 15 is 0 Å². The Morgan fingerprint density at radius 3 is 1.12 bits per heavy atom. The van der Waals surface area contributed by atoms with Gasteiger partial charge >= 0.3 is 0 Å². The molecule has 0 fully saturated rings. The molecule has 6 heteroatoms. The molecule has 4 nitrogen and oxygen atoms in total. The van der Waals surface area contributed by atoms with E-state index in [4.69, 9.17) is 5.21 Å². The van der Waals surface area contributed by atoms with E-state index in [0.29, 0.717) is 11.0 Å². The molecule has 0 unspecified atom stereocenters. The van der Waals surface area contributed by atoms with Gasteiger partial charge in [0.1, 0.15) is 11.0 Å². The lowest BCUT2D eigenvalue weighted by Crippen LogP contribution is -2.26. The highest BCUT2D eigenvalue weighted by molar-refractivity contribution is 7.80. The summed E-state index contributed by atoms with van der Waals surface area (Å²) in [5.74, 6) is 0. The zero-order chi connectivity index (χ0) is 37.7. The Morgan fingerprint density at radius 2 is 0.714 bits per heavy atom. The van der Waals surface area contributed by atoms with Gasteiger partial charge in [0, 0.05) is 0 Å². The van der Waals surface area contributed by atoms with E-state index in [-0.39, 0.29) is 0 Å². The summed E-state index contributed by atoms with van der Waals surface area (Å²) in [5.41, 5.74) is 4.03. The fourth-order valence-corrected chi connectivity index (χ4v) is 12.4. The second-order valence-electron chi connectivity index (χ2n) is 13.3. The highest BCUT2D eigenvalue weighted by Gasteiger charge is 2.28. The van der Waals surface area contributed by atoms with Crippen molar-refractivity contribution < 1.29 is 5.21 Å². The van der Waals surface area contributed by atoms with Crippen molar-refractivity contribution in [3.8, 4) is 11.1 Å². The summed E-state index contributed by atoms with van der Waals surface area (Å²) >= 11 is 0. The number of fused-ring (bicyclic) bond motifs is 3. The van der Waals surface area contributed by atoms with Crippen molar-refractivity contribution in [2.45, 2.75) is 0 Å². The van der Waals surface area contributed by atoms with Crippen LogP contribution in [-0.4, -0.2) is 20.4 Å². The molecule has 0 aliphatic heterocycles. The Morgan fingerprint density at radius 1 is 0.357 bits per heavy atom. The molecule has 9 aromatic carbocycles.